The number of hydrogen-bond donors (Lipinski definition) is 0. The molecule has 26 heavy (non-hydrogen) atoms. The fourth-order valence-corrected chi connectivity index (χ4v) is 3.51. The van der Waals surface area contributed by atoms with E-state index in [1.54, 1.807) is 0 Å². The summed E-state index contributed by atoms with van der Waals surface area (Å²) in [4.78, 5) is 11.7. The number of benzene rings is 1. The molecule has 0 atom stereocenters. The summed E-state index contributed by atoms with van der Waals surface area (Å²) in [5.41, 5.74) is 3.94. The van der Waals surface area contributed by atoms with E-state index < -0.39 is 0 Å². The Morgan fingerprint density at radius 1 is 0.923 bits per heavy atom. The van der Waals surface area contributed by atoms with Crippen molar-refractivity contribution in [2.75, 3.05) is 6.61 Å². The van der Waals surface area contributed by atoms with Crippen molar-refractivity contribution in [1.82, 2.24) is 0 Å². The Hall–Kier alpha value is -2.07. The number of furan rings is 1. The summed E-state index contributed by atoms with van der Waals surface area (Å²) in [6, 6.07) is 3.60. The number of fused-ring (bicyclic) bond motifs is 2. The van der Waals surface area contributed by atoms with Crippen molar-refractivity contribution < 1.29 is 13.6 Å². The van der Waals surface area contributed by atoms with Crippen LogP contribution in [0.4, 0.5) is 0 Å². The Bertz CT molecular complexity index is 962. The molecule has 0 radical (unpaired) electrons. The van der Waals surface area contributed by atoms with Crippen LogP contribution >= 0.6 is 0 Å². The Morgan fingerprint density at radius 3 is 2.42 bits per heavy atom. The van der Waals surface area contributed by atoms with E-state index in [1.807, 2.05) is 20.8 Å². The molecular formula is C22H28O4. The number of aryl methyl sites for hydroxylation is 3. The molecule has 0 saturated carbocycles. The van der Waals surface area contributed by atoms with E-state index in [0.717, 1.165) is 51.8 Å². The molecule has 4 nitrogen and oxygen atoms in total. The summed E-state index contributed by atoms with van der Waals surface area (Å²) in [7, 11) is 0. The van der Waals surface area contributed by atoms with E-state index in [2.05, 4.69) is 13.0 Å². The fourth-order valence-electron chi connectivity index (χ4n) is 3.51. The Morgan fingerprint density at radius 2 is 1.65 bits per heavy atom. The van der Waals surface area contributed by atoms with Gasteiger partial charge in [0.25, 0.3) is 0 Å². The monoisotopic (exact) mass is 356 g/mol. The van der Waals surface area contributed by atoms with Crippen LogP contribution in [0.5, 0.6) is 0 Å². The molecule has 0 N–H and O–H groups in total. The lowest BCUT2D eigenvalue weighted by atomic mass is 10.0. The highest BCUT2D eigenvalue weighted by Crippen LogP contribution is 2.34. The van der Waals surface area contributed by atoms with Crippen LogP contribution < -0.4 is 5.63 Å². The zero-order chi connectivity index (χ0) is 18.7. The van der Waals surface area contributed by atoms with Crippen LogP contribution in [0.2, 0.25) is 0 Å². The van der Waals surface area contributed by atoms with E-state index in [4.69, 9.17) is 13.6 Å². The van der Waals surface area contributed by atoms with Crippen LogP contribution in [0, 0.1) is 20.8 Å². The fraction of sp³-hybridized carbons (Fsp3) is 0.500. The predicted molar refractivity (Wildman–Crippen MR) is 105 cm³/mol. The van der Waals surface area contributed by atoms with E-state index in [1.165, 1.54) is 31.7 Å². The molecule has 0 spiro atoms. The topological polar surface area (TPSA) is 52.6 Å². The largest absolute Gasteiger partial charge is 0.461 e. The second-order valence-electron chi connectivity index (χ2n) is 7.11. The van der Waals surface area contributed by atoms with E-state index in [-0.39, 0.29) is 5.63 Å². The Labute approximate surface area is 154 Å². The van der Waals surface area contributed by atoms with Crippen molar-refractivity contribution in [3.63, 3.8) is 0 Å². The van der Waals surface area contributed by atoms with Gasteiger partial charge in [0, 0.05) is 34.6 Å². The number of rotatable bonds is 8. The molecular weight excluding hydrogens is 328 g/mol. The standard InChI is InChI=1S/C22H28O4/c1-5-6-7-8-9-10-24-13-19-16(4)25-22-15(3)21-17(12-18(19)22)14(2)11-20(23)26-21/h11-12H,5-10,13H2,1-4H3. The maximum atomic E-state index is 11.7. The van der Waals surface area contributed by atoms with E-state index in [9.17, 15) is 4.79 Å². The van der Waals surface area contributed by atoms with Crippen molar-refractivity contribution in [3.8, 4) is 0 Å². The van der Waals surface area contributed by atoms with Crippen molar-refractivity contribution in [1.29, 1.82) is 0 Å². The molecule has 0 amide bonds. The summed E-state index contributed by atoms with van der Waals surface area (Å²) in [6.07, 6.45) is 6.16. The third-order valence-electron chi connectivity index (χ3n) is 5.06. The molecule has 0 unspecified atom stereocenters. The van der Waals surface area contributed by atoms with Crippen LogP contribution in [-0.2, 0) is 11.3 Å². The van der Waals surface area contributed by atoms with Gasteiger partial charge < -0.3 is 13.6 Å². The van der Waals surface area contributed by atoms with Gasteiger partial charge in [-0.15, -0.1) is 0 Å². The molecule has 0 fully saturated rings. The minimum Gasteiger partial charge on any atom is -0.461 e. The lowest BCUT2D eigenvalue weighted by Gasteiger charge is -2.06. The summed E-state index contributed by atoms with van der Waals surface area (Å²) < 4.78 is 17.3. The molecule has 0 aliphatic heterocycles. The highest BCUT2D eigenvalue weighted by Gasteiger charge is 2.17. The average Bonchev–Trinajstić information content (AvgIpc) is 2.91. The number of ether oxygens (including phenoxy) is 1. The van der Waals surface area contributed by atoms with Gasteiger partial charge in [0.2, 0.25) is 0 Å². The summed E-state index contributed by atoms with van der Waals surface area (Å²) >= 11 is 0. The first-order valence-electron chi connectivity index (χ1n) is 9.56. The van der Waals surface area contributed by atoms with Gasteiger partial charge in [-0.1, -0.05) is 32.6 Å². The molecule has 2 heterocycles. The van der Waals surface area contributed by atoms with Crippen molar-refractivity contribution in [2.24, 2.45) is 0 Å². The van der Waals surface area contributed by atoms with Gasteiger partial charge >= 0.3 is 5.63 Å². The molecule has 0 aliphatic carbocycles. The molecule has 0 bridgehead atoms. The Kier molecular flexibility index (Phi) is 5.82. The van der Waals surface area contributed by atoms with Gasteiger partial charge in [-0.3, -0.25) is 0 Å². The van der Waals surface area contributed by atoms with Crippen LogP contribution in [0.15, 0.2) is 25.8 Å². The van der Waals surface area contributed by atoms with Crippen LogP contribution in [0.25, 0.3) is 21.9 Å². The van der Waals surface area contributed by atoms with Crippen LogP contribution in [0.3, 0.4) is 0 Å². The minimum absolute atomic E-state index is 0.327. The molecule has 140 valence electrons. The van der Waals surface area contributed by atoms with Crippen LogP contribution in [-0.4, -0.2) is 6.61 Å². The van der Waals surface area contributed by atoms with Crippen molar-refractivity contribution in [3.05, 3.63) is 45.0 Å². The van der Waals surface area contributed by atoms with Crippen molar-refractivity contribution >= 4 is 21.9 Å². The highest BCUT2D eigenvalue weighted by molar-refractivity contribution is 5.99. The molecule has 2 aromatic heterocycles. The summed E-state index contributed by atoms with van der Waals surface area (Å²) in [5.74, 6) is 0.865. The first-order chi connectivity index (χ1) is 12.5. The average molecular weight is 356 g/mol. The first-order valence-corrected chi connectivity index (χ1v) is 9.56. The van der Waals surface area contributed by atoms with E-state index >= 15 is 0 Å². The molecule has 3 rings (SSSR count). The predicted octanol–water partition coefficient (Wildman–Crippen LogP) is 5.95. The summed E-state index contributed by atoms with van der Waals surface area (Å²) in [5, 5.41) is 2.01. The molecule has 1 aromatic carbocycles. The van der Waals surface area contributed by atoms with Crippen molar-refractivity contribution in [2.45, 2.75) is 66.4 Å². The third kappa shape index (κ3) is 3.70. The zero-order valence-corrected chi connectivity index (χ0v) is 16.2. The summed E-state index contributed by atoms with van der Waals surface area (Å²) in [6.45, 7) is 9.39. The third-order valence-corrected chi connectivity index (χ3v) is 5.06. The second-order valence-corrected chi connectivity index (χ2v) is 7.11. The van der Waals surface area contributed by atoms with Gasteiger partial charge in [0.15, 0.2) is 0 Å². The van der Waals surface area contributed by atoms with Gasteiger partial charge in [0.05, 0.1) is 6.61 Å². The molecule has 0 aliphatic rings. The quantitative estimate of drug-likeness (QED) is 0.369. The maximum absolute atomic E-state index is 11.7. The van der Waals surface area contributed by atoms with Gasteiger partial charge in [-0.25, -0.2) is 4.79 Å². The second kappa shape index (κ2) is 8.09. The molecule has 0 saturated heterocycles. The van der Waals surface area contributed by atoms with Crippen LogP contribution in [0.1, 0.15) is 61.5 Å². The SMILES string of the molecule is CCCCCCCOCc1c(C)oc2c(C)c3oc(=O)cc(C)c3cc12. The smallest absolute Gasteiger partial charge is 0.336 e. The zero-order valence-electron chi connectivity index (χ0n) is 16.2. The minimum atomic E-state index is -0.327. The lowest BCUT2D eigenvalue weighted by molar-refractivity contribution is 0.116. The van der Waals surface area contributed by atoms with Gasteiger partial charge in [-0.05, 0) is 38.8 Å². The maximum Gasteiger partial charge on any atom is 0.336 e. The van der Waals surface area contributed by atoms with E-state index in [0.29, 0.717) is 12.2 Å². The Balaban J connectivity index is 1.85. The normalized spacial score (nSPS) is 11.7. The lowest BCUT2D eigenvalue weighted by Crippen LogP contribution is -1.99. The molecule has 4 heteroatoms. The van der Waals surface area contributed by atoms with Gasteiger partial charge in [-0.2, -0.15) is 0 Å². The van der Waals surface area contributed by atoms with Gasteiger partial charge in [0.1, 0.15) is 16.9 Å². The highest BCUT2D eigenvalue weighted by atomic mass is 16.5. The number of hydrogen-bond acceptors (Lipinski definition) is 4. The molecule has 3 aromatic rings. The first kappa shape index (κ1) is 18.7. The number of unbranched alkanes of at least 4 members (excludes halogenated alkanes) is 4.